The first-order valence-corrected chi connectivity index (χ1v) is 10.3. The van der Waals surface area contributed by atoms with Gasteiger partial charge in [0.15, 0.2) is 0 Å². The van der Waals surface area contributed by atoms with Crippen LogP contribution in [0.4, 0.5) is 5.69 Å². The van der Waals surface area contributed by atoms with Crippen LogP contribution >= 0.6 is 34.5 Å². The minimum atomic E-state index is -0.301. The second kappa shape index (κ2) is 7.99. The van der Waals surface area contributed by atoms with Crippen molar-refractivity contribution in [2.45, 2.75) is 13.5 Å². The Bertz CT molecular complexity index is 1300. The summed E-state index contributed by atoms with van der Waals surface area (Å²) in [5.41, 5.74) is 1.81. The van der Waals surface area contributed by atoms with Gasteiger partial charge in [0.05, 0.1) is 23.1 Å². The van der Waals surface area contributed by atoms with Gasteiger partial charge >= 0.3 is 0 Å². The van der Waals surface area contributed by atoms with E-state index in [0.29, 0.717) is 42.9 Å². The first-order chi connectivity index (χ1) is 13.9. The minimum absolute atomic E-state index is 0.203. The zero-order valence-electron chi connectivity index (χ0n) is 15.3. The Labute approximate surface area is 180 Å². The second-order valence-electron chi connectivity index (χ2n) is 6.47. The number of aromatic nitrogens is 2. The van der Waals surface area contributed by atoms with Crippen LogP contribution in [-0.4, -0.2) is 15.5 Å². The molecule has 0 spiro atoms. The highest BCUT2D eigenvalue weighted by molar-refractivity contribution is 7.20. The van der Waals surface area contributed by atoms with Crippen LogP contribution in [0.15, 0.2) is 59.7 Å². The maximum absolute atomic E-state index is 13.0. The summed E-state index contributed by atoms with van der Waals surface area (Å²) in [6.45, 7) is 2.06. The van der Waals surface area contributed by atoms with Gasteiger partial charge in [-0.05, 0) is 42.3 Å². The Morgan fingerprint density at radius 1 is 1.17 bits per heavy atom. The molecule has 0 aliphatic heterocycles. The lowest BCUT2D eigenvalue weighted by atomic mass is 10.2. The number of aryl methyl sites for hydroxylation is 1. The van der Waals surface area contributed by atoms with Crippen molar-refractivity contribution >= 4 is 56.3 Å². The van der Waals surface area contributed by atoms with E-state index in [1.54, 1.807) is 37.3 Å². The average molecular weight is 444 g/mol. The van der Waals surface area contributed by atoms with Crippen LogP contribution in [-0.2, 0) is 6.54 Å². The van der Waals surface area contributed by atoms with E-state index in [-0.39, 0.29) is 11.5 Å². The Morgan fingerprint density at radius 3 is 2.72 bits per heavy atom. The summed E-state index contributed by atoms with van der Waals surface area (Å²) >= 11 is 13.4. The molecule has 4 rings (SSSR count). The van der Waals surface area contributed by atoms with Gasteiger partial charge in [-0.25, -0.2) is 4.98 Å². The monoisotopic (exact) mass is 443 g/mol. The van der Waals surface area contributed by atoms with Crippen LogP contribution in [0.2, 0.25) is 10.0 Å². The van der Waals surface area contributed by atoms with Gasteiger partial charge in [-0.3, -0.25) is 14.2 Å². The molecule has 0 unspecified atom stereocenters. The van der Waals surface area contributed by atoms with Crippen molar-refractivity contribution < 1.29 is 4.79 Å². The molecular formula is C21H15Cl2N3O2S. The third-order valence-corrected chi connectivity index (χ3v) is 6.31. The Kier molecular flexibility index (Phi) is 5.41. The van der Waals surface area contributed by atoms with E-state index in [0.717, 1.165) is 5.56 Å². The molecular weight excluding hydrogens is 429 g/mol. The third kappa shape index (κ3) is 3.92. The largest absolute Gasteiger partial charge is 0.321 e. The van der Waals surface area contributed by atoms with Gasteiger partial charge in [-0.1, -0.05) is 47.5 Å². The molecule has 1 amide bonds. The minimum Gasteiger partial charge on any atom is -0.321 e. The average Bonchev–Trinajstić information content (AvgIpc) is 3.03. The van der Waals surface area contributed by atoms with Crippen LogP contribution in [0, 0.1) is 6.92 Å². The topological polar surface area (TPSA) is 64.0 Å². The van der Waals surface area contributed by atoms with Gasteiger partial charge in [-0.15, -0.1) is 11.3 Å². The summed E-state index contributed by atoms with van der Waals surface area (Å²) in [6.07, 6.45) is 1.49. The molecule has 0 aliphatic rings. The first-order valence-electron chi connectivity index (χ1n) is 8.73. The molecule has 29 heavy (non-hydrogen) atoms. The molecule has 0 fully saturated rings. The molecule has 146 valence electrons. The molecule has 4 aromatic rings. The predicted octanol–water partition coefficient (Wildman–Crippen LogP) is 5.37. The van der Waals surface area contributed by atoms with Crippen molar-refractivity contribution in [1.82, 2.24) is 9.55 Å². The number of benzene rings is 2. The van der Waals surface area contributed by atoms with Gasteiger partial charge in [0.1, 0.15) is 4.83 Å². The lowest BCUT2D eigenvalue weighted by Gasteiger charge is -2.07. The van der Waals surface area contributed by atoms with Gasteiger partial charge < -0.3 is 5.32 Å². The summed E-state index contributed by atoms with van der Waals surface area (Å²) in [7, 11) is 0. The molecule has 2 aromatic carbocycles. The van der Waals surface area contributed by atoms with Gasteiger partial charge in [0.25, 0.3) is 11.5 Å². The highest BCUT2D eigenvalue weighted by Crippen LogP contribution is 2.28. The van der Waals surface area contributed by atoms with Crippen molar-refractivity contribution in [2.75, 3.05) is 5.32 Å². The summed E-state index contributed by atoms with van der Waals surface area (Å²) in [5, 5.41) is 4.37. The van der Waals surface area contributed by atoms with Crippen molar-refractivity contribution in [3.63, 3.8) is 0 Å². The number of nitrogens with zero attached hydrogens (tertiary/aromatic N) is 2. The number of hydrogen-bond acceptors (Lipinski definition) is 4. The molecule has 2 aromatic heterocycles. The van der Waals surface area contributed by atoms with Crippen LogP contribution in [0.3, 0.4) is 0 Å². The highest BCUT2D eigenvalue weighted by atomic mass is 35.5. The van der Waals surface area contributed by atoms with Gasteiger partial charge in [-0.2, -0.15) is 0 Å². The molecule has 0 bridgehead atoms. The predicted molar refractivity (Wildman–Crippen MR) is 119 cm³/mol. The Hall–Kier alpha value is -2.67. The standard InChI is InChI=1S/C21H15Cl2N3O2S/c1-12-17-20(29-18(12)19(27)25-15-7-4-6-14(22)9-15)24-11-26(21(17)28)10-13-5-2-3-8-16(13)23/h2-9,11H,10H2,1H3,(H,25,27). The molecule has 5 nitrogen and oxygen atoms in total. The van der Waals surface area contributed by atoms with Crippen molar-refractivity contribution in [3.8, 4) is 0 Å². The van der Waals surface area contributed by atoms with Crippen LogP contribution < -0.4 is 10.9 Å². The molecule has 1 N–H and O–H groups in total. The van der Waals surface area contributed by atoms with E-state index >= 15 is 0 Å². The number of thiophene rings is 1. The number of amides is 1. The van der Waals surface area contributed by atoms with E-state index in [1.807, 2.05) is 18.2 Å². The van der Waals surface area contributed by atoms with Crippen molar-refractivity contribution in [3.05, 3.63) is 91.3 Å². The summed E-state index contributed by atoms with van der Waals surface area (Å²) in [6, 6.07) is 14.2. The number of rotatable bonds is 4. The smallest absolute Gasteiger partial charge is 0.266 e. The number of anilines is 1. The lowest BCUT2D eigenvalue weighted by molar-refractivity contribution is 0.103. The molecule has 0 saturated carbocycles. The van der Waals surface area contributed by atoms with Gasteiger partial charge in [0, 0.05) is 15.7 Å². The maximum Gasteiger partial charge on any atom is 0.266 e. The molecule has 0 aliphatic carbocycles. The Balaban J connectivity index is 1.70. The fraction of sp³-hybridized carbons (Fsp3) is 0.0952. The number of carbonyl (C=O) groups excluding carboxylic acids is 1. The number of fused-ring (bicyclic) bond motifs is 1. The highest BCUT2D eigenvalue weighted by Gasteiger charge is 2.20. The molecule has 0 saturated heterocycles. The fourth-order valence-corrected chi connectivity index (χ4v) is 4.47. The normalized spacial score (nSPS) is 11.0. The van der Waals surface area contributed by atoms with Crippen molar-refractivity contribution in [1.29, 1.82) is 0 Å². The SMILES string of the molecule is Cc1c(C(=O)Nc2cccc(Cl)c2)sc2ncn(Cc3ccccc3Cl)c(=O)c12. The fourth-order valence-electron chi connectivity index (χ4n) is 3.05. The van der Waals surface area contributed by atoms with Crippen LogP contribution in [0.25, 0.3) is 10.2 Å². The Morgan fingerprint density at radius 2 is 1.97 bits per heavy atom. The maximum atomic E-state index is 13.0. The van der Waals surface area contributed by atoms with Gasteiger partial charge in [0.2, 0.25) is 0 Å². The van der Waals surface area contributed by atoms with E-state index in [4.69, 9.17) is 23.2 Å². The quantitative estimate of drug-likeness (QED) is 0.460. The van der Waals surface area contributed by atoms with E-state index in [2.05, 4.69) is 10.3 Å². The van der Waals surface area contributed by atoms with E-state index in [1.165, 1.54) is 22.2 Å². The summed E-state index contributed by atoms with van der Waals surface area (Å²) in [4.78, 5) is 31.2. The zero-order valence-corrected chi connectivity index (χ0v) is 17.6. The van der Waals surface area contributed by atoms with Crippen LogP contribution in [0.5, 0.6) is 0 Å². The molecule has 2 heterocycles. The first kappa shape index (κ1) is 19.6. The second-order valence-corrected chi connectivity index (χ2v) is 8.31. The van der Waals surface area contributed by atoms with E-state index in [9.17, 15) is 9.59 Å². The zero-order chi connectivity index (χ0) is 20.5. The lowest BCUT2D eigenvalue weighted by Crippen LogP contribution is -2.21. The number of hydrogen-bond donors (Lipinski definition) is 1. The number of carbonyl (C=O) groups is 1. The summed E-state index contributed by atoms with van der Waals surface area (Å²) < 4.78 is 1.50. The van der Waals surface area contributed by atoms with Crippen molar-refractivity contribution in [2.24, 2.45) is 0 Å². The van der Waals surface area contributed by atoms with E-state index < -0.39 is 0 Å². The number of halogens is 2. The summed E-state index contributed by atoms with van der Waals surface area (Å²) in [5.74, 6) is -0.301. The number of nitrogens with one attached hydrogen (secondary N) is 1. The molecule has 0 radical (unpaired) electrons. The van der Waals surface area contributed by atoms with Crippen LogP contribution in [0.1, 0.15) is 20.8 Å². The molecule has 8 heteroatoms. The third-order valence-electron chi connectivity index (χ3n) is 4.50. The molecule has 0 atom stereocenters.